The molecule has 0 aromatic rings. The lowest BCUT2D eigenvalue weighted by Crippen LogP contribution is -2.71. The van der Waals surface area contributed by atoms with Crippen LogP contribution in [0.25, 0.3) is 0 Å². The first-order valence-electron chi connectivity index (χ1n) is 17.7. The van der Waals surface area contributed by atoms with Crippen LogP contribution in [-0.4, -0.2) is 244 Å². The maximum Gasteiger partial charge on any atom is 0.364 e. The highest BCUT2D eigenvalue weighted by atomic mass is 16.8. The number of aliphatic carboxylic acids is 1. The van der Waals surface area contributed by atoms with Crippen LogP contribution in [0.5, 0.6) is 0 Å². The average molecular weight is 837 g/mol. The molecule has 4 saturated heterocycles. The number of carboxylic acid groups (broad SMARTS) is 1. The predicted molar refractivity (Wildman–Crippen MR) is 174 cm³/mol. The Bertz CT molecular complexity index is 1350. The molecule has 16 N–H and O–H groups in total. The van der Waals surface area contributed by atoms with E-state index in [1.807, 2.05) is 0 Å². The Morgan fingerprint density at radius 3 is 1.86 bits per heavy atom. The average Bonchev–Trinajstić information content (AvgIpc) is 3.15. The SMILES string of the molecule is CC(=O)N[C@@H]1[C@@H](O)[C@H](O[C@@H]2O[C@H](CO)[C@H](O)[C@H](O[C@]3(C(=O)O)C[C@H](O)[C@@H](NC(C)=O)[C@H]([C@H](O)[C@H](O)CO)O3)[C@H]2O)[C@@H](CO[C@@H]2O[C@H](CO)[C@H](O)[C@H](O)[C@H]2O)O[C@H]1O. The number of ether oxygens (including phenoxy) is 7. The van der Waals surface area contributed by atoms with E-state index >= 15 is 0 Å². The van der Waals surface area contributed by atoms with Crippen LogP contribution in [-0.2, 0) is 47.5 Å². The molecule has 0 radical (unpaired) electrons. The monoisotopic (exact) mass is 836 g/mol. The van der Waals surface area contributed by atoms with Crippen LogP contribution in [0.2, 0.25) is 0 Å². The molecule has 4 aliphatic rings. The van der Waals surface area contributed by atoms with Gasteiger partial charge in [0.25, 0.3) is 5.79 Å². The van der Waals surface area contributed by atoms with Crippen molar-refractivity contribution in [2.45, 2.75) is 149 Å². The fourth-order valence-corrected chi connectivity index (χ4v) is 6.95. The Morgan fingerprint density at radius 2 is 1.30 bits per heavy atom. The fourth-order valence-electron chi connectivity index (χ4n) is 6.95. The Kier molecular flexibility index (Phi) is 16.4. The van der Waals surface area contributed by atoms with Crippen molar-refractivity contribution in [2.75, 3.05) is 26.4 Å². The topological polar surface area (TPSA) is 423 Å². The zero-order chi connectivity index (χ0) is 42.7. The maximum absolute atomic E-state index is 12.8. The van der Waals surface area contributed by atoms with Gasteiger partial charge in [-0.1, -0.05) is 0 Å². The number of hydrogen-bond acceptors (Lipinski definition) is 23. The quantitative estimate of drug-likeness (QED) is 0.0728. The molecule has 330 valence electrons. The molecule has 0 unspecified atom stereocenters. The standard InChI is InChI=1S/C31H52N2O24/c1-8(37)32-15-10(39)3-31(30(49)50,56-25(15)17(41)11(40)4-34)57-26-19(43)13(6-36)54-29(23(26)47)55-24-14(52-27(48)16(20(24)44)33-9(2)38)7-51-28-22(46)21(45)18(42)12(5-35)53-28/h10-29,34-36,39-48H,3-7H2,1-2H3,(H,32,37)(H,33,38)(H,49,50)/t10-,11+,12+,13+,14+,15+,16+,17+,18-,19-,20+,21-,22+,23+,24+,25+,26-,27+,28+,29-,31-/m0/s1. The molecule has 26 heteroatoms. The minimum Gasteiger partial charge on any atom is -0.477 e. The highest BCUT2D eigenvalue weighted by molar-refractivity contribution is 5.76. The van der Waals surface area contributed by atoms with E-state index in [2.05, 4.69) is 10.6 Å². The molecule has 2 amide bonds. The second-order valence-corrected chi connectivity index (χ2v) is 14.1. The van der Waals surface area contributed by atoms with Crippen LogP contribution < -0.4 is 10.6 Å². The van der Waals surface area contributed by atoms with Crippen LogP contribution in [0.4, 0.5) is 0 Å². The van der Waals surface area contributed by atoms with Crippen molar-refractivity contribution in [2.24, 2.45) is 0 Å². The van der Waals surface area contributed by atoms with Crippen LogP contribution >= 0.6 is 0 Å². The lowest BCUT2D eigenvalue weighted by Gasteiger charge is -2.50. The lowest BCUT2D eigenvalue weighted by atomic mass is 9.88. The summed E-state index contributed by atoms with van der Waals surface area (Å²) in [7, 11) is 0. The van der Waals surface area contributed by atoms with Crippen molar-refractivity contribution in [1.29, 1.82) is 0 Å². The van der Waals surface area contributed by atoms with Gasteiger partial charge in [0.1, 0.15) is 91.5 Å². The molecular weight excluding hydrogens is 784 g/mol. The number of carbonyl (C=O) groups is 3. The third-order valence-electron chi connectivity index (χ3n) is 9.96. The van der Waals surface area contributed by atoms with Crippen LogP contribution in [0.1, 0.15) is 20.3 Å². The molecule has 0 saturated carbocycles. The maximum atomic E-state index is 12.8. The summed E-state index contributed by atoms with van der Waals surface area (Å²) in [5.74, 6) is -6.72. The lowest BCUT2D eigenvalue weighted by molar-refractivity contribution is -0.383. The summed E-state index contributed by atoms with van der Waals surface area (Å²) in [5.41, 5.74) is 0. The molecule has 4 heterocycles. The predicted octanol–water partition coefficient (Wildman–Crippen LogP) is -10.3. The van der Waals surface area contributed by atoms with Crippen LogP contribution in [0.15, 0.2) is 0 Å². The van der Waals surface area contributed by atoms with E-state index in [1.54, 1.807) is 0 Å². The second-order valence-electron chi connectivity index (χ2n) is 14.1. The Morgan fingerprint density at radius 1 is 0.719 bits per heavy atom. The van der Waals surface area contributed by atoms with Crippen molar-refractivity contribution in [3.63, 3.8) is 0 Å². The minimum atomic E-state index is -3.13. The van der Waals surface area contributed by atoms with Crippen molar-refractivity contribution < 1.29 is 119 Å². The Balaban J connectivity index is 1.65. The molecule has 57 heavy (non-hydrogen) atoms. The number of carbonyl (C=O) groups excluding carboxylic acids is 2. The van der Waals surface area contributed by atoms with Crippen molar-refractivity contribution >= 4 is 17.8 Å². The molecule has 26 nitrogen and oxygen atoms in total. The third-order valence-corrected chi connectivity index (χ3v) is 9.96. The van der Waals surface area contributed by atoms with Crippen molar-refractivity contribution in [3.05, 3.63) is 0 Å². The van der Waals surface area contributed by atoms with Gasteiger partial charge in [0.05, 0.1) is 38.6 Å². The molecule has 0 spiro atoms. The van der Waals surface area contributed by atoms with E-state index < -0.39 is 179 Å². The molecule has 0 aliphatic carbocycles. The molecule has 0 aromatic heterocycles. The number of carboxylic acids is 1. The molecule has 4 rings (SSSR count). The minimum absolute atomic E-state index is 0.772. The van der Waals surface area contributed by atoms with Crippen molar-refractivity contribution in [3.8, 4) is 0 Å². The third kappa shape index (κ3) is 10.3. The van der Waals surface area contributed by atoms with Gasteiger partial charge in [0.2, 0.25) is 11.8 Å². The first kappa shape index (κ1) is 47.3. The van der Waals surface area contributed by atoms with Gasteiger partial charge in [-0.05, 0) is 0 Å². The van der Waals surface area contributed by atoms with Gasteiger partial charge in [-0.2, -0.15) is 0 Å². The van der Waals surface area contributed by atoms with Gasteiger partial charge in [0, 0.05) is 20.3 Å². The summed E-state index contributed by atoms with van der Waals surface area (Å²) < 4.78 is 38.9. The van der Waals surface area contributed by atoms with Gasteiger partial charge in [-0.15, -0.1) is 0 Å². The first-order valence-corrected chi connectivity index (χ1v) is 17.7. The Hall–Kier alpha value is -2.39. The summed E-state index contributed by atoms with van der Waals surface area (Å²) in [6, 6.07) is -3.26. The molecule has 4 fully saturated rings. The summed E-state index contributed by atoms with van der Waals surface area (Å²) >= 11 is 0. The molecule has 0 bridgehead atoms. The van der Waals surface area contributed by atoms with E-state index in [1.165, 1.54) is 0 Å². The van der Waals surface area contributed by atoms with E-state index in [9.17, 15) is 85.9 Å². The number of rotatable bonds is 15. The number of nitrogens with one attached hydrogen (secondary N) is 2. The smallest absolute Gasteiger partial charge is 0.364 e. The van der Waals surface area contributed by atoms with E-state index in [4.69, 9.17) is 33.2 Å². The van der Waals surface area contributed by atoms with Gasteiger partial charge >= 0.3 is 5.97 Å². The van der Waals surface area contributed by atoms with Gasteiger partial charge in [-0.25, -0.2) is 4.79 Å². The Labute approximate surface area is 322 Å². The first-order chi connectivity index (χ1) is 26.7. The second kappa shape index (κ2) is 19.8. The number of aliphatic hydroxyl groups is 13. The van der Waals surface area contributed by atoms with Gasteiger partial charge < -0.3 is 115 Å². The molecule has 0 aromatic carbocycles. The summed E-state index contributed by atoms with van der Waals surface area (Å²) in [5, 5.41) is 151. The van der Waals surface area contributed by atoms with Gasteiger partial charge in [0.15, 0.2) is 18.9 Å². The largest absolute Gasteiger partial charge is 0.477 e. The molecule has 21 atom stereocenters. The zero-order valence-corrected chi connectivity index (χ0v) is 30.4. The summed E-state index contributed by atoms with van der Waals surface area (Å²) in [4.78, 5) is 36.7. The highest BCUT2D eigenvalue weighted by Gasteiger charge is 2.60. The number of hydrogen-bond donors (Lipinski definition) is 16. The van der Waals surface area contributed by atoms with E-state index in [-0.39, 0.29) is 0 Å². The van der Waals surface area contributed by atoms with Crippen LogP contribution in [0, 0.1) is 0 Å². The molecule has 4 aliphatic heterocycles. The van der Waals surface area contributed by atoms with Gasteiger partial charge in [-0.3, -0.25) is 9.59 Å². The normalized spacial score (nSPS) is 45.1. The fraction of sp³-hybridized carbons (Fsp3) is 0.903. The van der Waals surface area contributed by atoms with Crippen LogP contribution in [0.3, 0.4) is 0 Å². The molecular formula is C31H52N2O24. The van der Waals surface area contributed by atoms with E-state index in [0.29, 0.717) is 0 Å². The summed E-state index contributed by atoms with van der Waals surface area (Å²) in [6.45, 7) is -1.74. The number of amides is 2. The van der Waals surface area contributed by atoms with Crippen molar-refractivity contribution in [1.82, 2.24) is 10.6 Å². The number of aliphatic hydroxyl groups excluding tert-OH is 13. The summed E-state index contributed by atoms with van der Waals surface area (Å²) in [6.07, 6.45) is -36.0. The zero-order valence-electron chi connectivity index (χ0n) is 30.4. The van der Waals surface area contributed by atoms with E-state index in [0.717, 1.165) is 13.8 Å². The highest BCUT2D eigenvalue weighted by Crippen LogP contribution is 2.38.